The number of aliphatic hydroxyl groups is 1. The molecule has 0 radical (unpaired) electrons. The number of ether oxygens (including phenoxy) is 2. The molecule has 0 aliphatic carbocycles. The fourth-order valence-electron chi connectivity index (χ4n) is 1.64. The summed E-state index contributed by atoms with van der Waals surface area (Å²) in [5.41, 5.74) is 0.0485. The van der Waals surface area contributed by atoms with E-state index in [1.54, 1.807) is 32.5 Å². The molecule has 0 aliphatic rings. The predicted octanol–water partition coefficient (Wildman–Crippen LogP) is 2.27. The second kappa shape index (κ2) is 5.07. The Labute approximate surface area is 94.6 Å². The fourth-order valence-corrected chi connectivity index (χ4v) is 2.46. The van der Waals surface area contributed by atoms with Crippen LogP contribution in [0.25, 0.3) is 0 Å². The summed E-state index contributed by atoms with van der Waals surface area (Å²) in [6, 6.07) is 1.95. The van der Waals surface area contributed by atoms with Gasteiger partial charge in [-0.25, -0.2) is 0 Å². The van der Waals surface area contributed by atoms with Gasteiger partial charge < -0.3 is 14.6 Å². The SMILES string of the molecule is COC(CC(C)(O)c1ccsc1C)OC. The van der Waals surface area contributed by atoms with Gasteiger partial charge in [0.05, 0.1) is 5.60 Å². The topological polar surface area (TPSA) is 38.7 Å². The lowest BCUT2D eigenvalue weighted by molar-refractivity contribution is -0.142. The molecule has 0 bridgehead atoms. The van der Waals surface area contributed by atoms with E-state index in [4.69, 9.17) is 9.47 Å². The van der Waals surface area contributed by atoms with Gasteiger partial charge in [0.1, 0.15) is 0 Å². The Morgan fingerprint density at radius 2 is 2.07 bits per heavy atom. The Morgan fingerprint density at radius 1 is 1.47 bits per heavy atom. The quantitative estimate of drug-likeness (QED) is 0.789. The van der Waals surface area contributed by atoms with Gasteiger partial charge in [-0.3, -0.25) is 0 Å². The van der Waals surface area contributed by atoms with Crippen molar-refractivity contribution in [1.29, 1.82) is 0 Å². The van der Waals surface area contributed by atoms with Gasteiger partial charge in [-0.2, -0.15) is 0 Å². The third kappa shape index (κ3) is 3.01. The molecule has 0 saturated carbocycles. The van der Waals surface area contributed by atoms with E-state index in [1.165, 1.54) is 0 Å². The molecular weight excluding hydrogens is 212 g/mol. The van der Waals surface area contributed by atoms with Crippen molar-refractivity contribution in [3.63, 3.8) is 0 Å². The molecular formula is C11H18O3S. The maximum Gasteiger partial charge on any atom is 0.159 e. The van der Waals surface area contributed by atoms with Gasteiger partial charge in [-0.05, 0) is 30.9 Å². The summed E-state index contributed by atoms with van der Waals surface area (Å²) in [4.78, 5) is 1.13. The Bertz CT molecular complexity index is 303. The van der Waals surface area contributed by atoms with Gasteiger partial charge in [0.25, 0.3) is 0 Å². The Hall–Kier alpha value is -0.420. The van der Waals surface area contributed by atoms with Gasteiger partial charge in [0.2, 0.25) is 0 Å². The van der Waals surface area contributed by atoms with E-state index in [0.717, 1.165) is 10.4 Å². The van der Waals surface area contributed by atoms with Crippen LogP contribution in [0.3, 0.4) is 0 Å². The van der Waals surface area contributed by atoms with Crippen LogP contribution in [0.1, 0.15) is 23.8 Å². The van der Waals surface area contributed by atoms with Crippen LogP contribution in [-0.4, -0.2) is 25.6 Å². The number of hydrogen-bond acceptors (Lipinski definition) is 4. The van der Waals surface area contributed by atoms with E-state index >= 15 is 0 Å². The molecule has 1 unspecified atom stereocenters. The van der Waals surface area contributed by atoms with Crippen molar-refractivity contribution in [3.05, 3.63) is 21.9 Å². The van der Waals surface area contributed by atoms with Crippen LogP contribution >= 0.6 is 11.3 Å². The monoisotopic (exact) mass is 230 g/mol. The molecule has 3 nitrogen and oxygen atoms in total. The molecule has 0 aromatic carbocycles. The largest absolute Gasteiger partial charge is 0.385 e. The Kier molecular flexibility index (Phi) is 4.28. The molecule has 15 heavy (non-hydrogen) atoms. The average molecular weight is 230 g/mol. The van der Waals surface area contributed by atoms with Crippen molar-refractivity contribution < 1.29 is 14.6 Å². The van der Waals surface area contributed by atoms with Gasteiger partial charge in [-0.15, -0.1) is 11.3 Å². The number of thiophene rings is 1. The van der Waals surface area contributed by atoms with Gasteiger partial charge in [0.15, 0.2) is 6.29 Å². The summed E-state index contributed by atoms with van der Waals surface area (Å²) in [5, 5.41) is 12.3. The predicted molar refractivity (Wildman–Crippen MR) is 61.0 cm³/mol. The van der Waals surface area contributed by atoms with E-state index in [0.29, 0.717) is 6.42 Å². The highest BCUT2D eigenvalue weighted by Crippen LogP contribution is 2.32. The second-order valence-corrected chi connectivity index (χ2v) is 4.89. The van der Waals surface area contributed by atoms with Gasteiger partial charge in [0, 0.05) is 25.5 Å². The van der Waals surface area contributed by atoms with E-state index < -0.39 is 5.60 Å². The van der Waals surface area contributed by atoms with Crippen molar-refractivity contribution in [2.75, 3.05) is 14.2 Å². The molecule has 1 rings (SSSR count). The molecule has 0 fully saturated rings. The van der Waals surface area contributed by atoms with Crippen LogP contribution in [0.4, 0.5) is 0 Å². The van der Waals surface area contributed by atoms with E-state index in [-0.39, 0.29) is 6.29 Å². The Balaban J connectivity index is 2.79. The molecule has 1 N–H and O–H groups in total. The summed E-state index contributed by atoms with van der Waals surface area (Å²) < 4.78 is 10.2. The summed E-state index contributed by atoms with van der Waals surface area (Å²) >= 11 is 1.63. The number of aryl methyl sites for hydroxylation is 1. The highest BCUT2D eigenvalue weighted by atomic mass is 32.1. The number of rotatable bonds is 5. The summed E-state index contributed by atoms with van der Waals surface area (Å²) in [6.45, 7) is 3.79. The molecule has 0 amide bonds. The lowest BCUT2D eigenvalue weighted by Crippen LogP contribution is -2.29. The third-order valence-electron chi connectivity index (χ3n) is 2.53. The van der Waals surface area contributed by atoms with Crippen LogP contribution in [0, 0.1) is 6.92 Å². The first-order valence-corrected chi connectivity index (χ1v) is 5.71. The molecule has 4 heteroatoms. The molecule has 86 valence electrons. The smallest absolute Gasteiger partial charge is 0.159 e. The van der Waals surface area contributed by atoms with Crippen molar-refractivity contribution in [1.82, 2.24) is 0 Å². The van der Waals surface area contributed by atoms with Crippen LogP contribution < -0.4 is 0 Å². The first-order valence-electron chi connectivity index (χ1n) is 4.84. The highest BCUT2D eigenvalue weighted by Gasteiger charge is 2.29. The zero-order valence-corrected chi connectivity index (χ0v) is 10.4. The molecule has 1 aromatic rings. The van der Waals surface area contributed by atoms with Crippen molar-refractivity contribution in [2.24, 2.45) is 0 Å². The summed E-state index contributed by atoms with van der Waals surface area (Å²) in [5.74, 6) is 0. The average Bonchev–Trinajstić information content (AvgIpc) is 2.61. The van der Waals surface area contributed by atoms with E-state index in [1.807, 2.05) is 18.4 Å². The molecule has 1 atom stereocenters. The molecule has 0 saturated heterocycles. The molecule has 0 aliphatic heterocycles. The molecule has 1 aromatic heterocycles. The zero-order chi connectivity index (χ0) is 11.5. The van der Waals surface area contributed by atoms with E-state index in [9.17, 15) is 5.11 Å². The summed E-state index contributed by atoms with van der Waals surface area (Å²) in [6.07, 6.45) is 0.0525. The van der Waals surface area contributed by atoms with Crippen molar-refractivity contribution in [3.8, 4) is 0 Å². The van der Waals surface area contributed by atoms with Crippen LogP contribution in [0.5, 0.6) is 0 Å². The zero-order valence-electron chi connectivity index (χ0n) is 9.61. The summed E-state index contributed by atoms with van der Waals surface area (Å²) in [7, 11) is 3.15. The molecule has 1 heterocycles. The minimum atomic E-state index is -0.902. The standard InChI is InChI=1S/C11H18O3S/c1-8-9(5-6-15-8)11(2,12)7-10(13-3)14-4/h5-6,10,12H,7H2,1-4H3. The first kappa shape index (κ1) is 12.6. The lowest BCUT2D eigenvalue weighted by atomic mass is 9.93. The van der Waals surface area contributed by atoms with Crippen LogP contribution in [0.2, 0.25) is 0 Å². The fraction of sp³-hybridized carbons (Fsp3) is 0.636. The minimum absolute atomic E-state index is 0.376. The number of hydrogen-bond donors (Lipinski definition) is 1. The maximum absolute atomic E-state index is 10.3. The molecule has 0 spiro atoms. The Morgan fingerprint density at radius 3 is 2.47 bits per heavy atom. The maximum atomic E-state index is 10.3. The van der Waals surface area contributed by atoms with Crippen molar-refractivity contribution >= 4 is 11.3 Å². The number of methoxy groups -OCH3 is 2. The van der Waals surface area contributed by atoms with Crippen LogP contribution in [-0.2, 0) is 15.1 Å². The van der Waals surface area contributed by atoms with Crippen LogP contribution in [0.15, 0.2) is 11.4 Å². The lowest BCUT2D eigenvalue weighted by Gasteiger charge is -2.27. The van der Waals surface area contributed by atoms with Gasteiger partial charge >= 0.3 is 0 Å². The first-order chi connectivity index (χ1) is 7.01. The normalized spacial score (nSPS) is 15.6. The van der Waals surface area contributed by atoms with E-state index in [2.05, 4.69) is 0 Å². The highest BCUT2D eigenvalue weighted by molar-refractivity contribution is 7.10. The third-order valence-corrected chi connectivity index (χ3v) is 3.37. The minimum Gasteiger partial charge on any atom is -0.385 e. The van der Waals surface area contributed by atoms with Crippen molar-refractivity contribution in [2.45, 2.75) is 32.2 Å². The van der Waals surface area contributed by atoms with Gasteiger partial charge in [-0.1, -0.05) is 0 Å². The second-order valence-electron chi connectivity index (χ2n) is 3.77.